The number of carbonyl (C=O) groups is 2. The monoisotopic (exact) mass is 167 g/mol. The summed E-state index contributed by atoms with van der Waals surface area (Å²) in [6.45, 7) is 0. The maximum Gasteiger partial charge on any atom is 0.281 e. The number of imide groups is 1. The molecular formula is C8H9NO3. The van der Waals surface area contributed by atoms with Gasteiger partial charge in [0.15, 0.2) is 0 Å². The van der Waals surface area contributed by atoms with Crippen molar-refractivity contribution >= 4 is 11.8 Å². The lowest BCUT2D eigenvalue weighted by Gasteiger charge is -2.08. The average molecular weight is 167 g/mol. The molecule has 0 saturated heterocycles. The molecule has 4 nitrogen and oxygen atoms in total. The molecule has 0 bridgehead atoms. The van der Waals surface area contributed by atoms with Crippen molar-refractivity contribution in [2.75, 3.05) is 0 Å². The number of amides is 2. The number of nitrogens with zero attached hydrogens (tertiary/aromatic N) is 1. The van der Waals surface area contributed by atoms with Crippen LogP contribution in [-0.4, -0.2) is 22.1 Å². The SMILES string of the molecule is O=C1C2=C(CCCC2)C(=O)N1O. The Bertz CT molecular complexity index is 265. The lowest BCUT2D eigenvalue weighted by Crippen LogP contribution is -2.27. The molecule has 1 aliphatic carbocycles. The zero-order valence-corrected chi connectivity index (χ0v) is 6.54. The van der Waals surface area contributed by atoms with Gasteiger partial charge in [-0.3, -0.25) is 14.8 Å². The van der Waals surface area contributed by atoms with Gasteiger partial charge in [-0.1, -0.05) is 0 Å². The van der Waals surface area contributed by atoms with Gasteiger partial charge in [0.2, 0.25) is 0 Å². The topological polar surface area (TPSA) is 57.6 Å². The van der Waals surface area contributed by atoms with E-state index in [0.717, 1.165) is 12.8 Å². The summed E-state index contributed by atoms with van der Waals surface area (Å²) in [4.78, 5) is 22.3. The summed E-state index contributed by atoms with van der Waals surface area (Å²) in [6.07, 6.45) is 3.14. The minimum atomic E-state index is -0.519. The second-order valence-corrected chi connectivity index (χ2v) is 3.09. The minimum absolute atomic E-state index is 0.232. The number of hydroxylamine groups is 2. The van der Waals surface area contributed by atoms with Gasteiger partial charge >= 0.3 is 0 Å². The first-order valence-electron chi connectivity index (χ1n) is 4.01. The van der Waals surface area contributed by atoms with E-state index in [0.29, 0.717) is 24.0 Å². The summed E-state index contributed by atoms with van der Waals surface area (Å²) in [5, 5.41) is 9.22. The van der Waals surface area contributed by atoms with Crippen LogP contribution in [0.25, 0.3) is 0 Å². The Morgan fingerprint density at radius 3 is 1.83 bits per heavy atom. The molecule has 0 saturated carbocycles. The lowest BCUT2D eigenvalue weighted by molar-refractivity contribution is -0.170. The summed E-state index contributed by atoms with van der Waals surface area (Å²) in [6, 6.07) is 0. The first kappa shape index (κ1) is 7.49. The van der Waals surface area contributed by atoms with Crippen LogP contribution in [0.3, 0.4) is 0 Å². The Balaban J connectivity index is 2.41. The molecule has 0 unspecified atom stereocenters. The Morgan fingerprint density at radius 1 is 1.00 bits per heavy atom. The molecule has 2 rings (SSSR count). The van der Waals surface area contributed by atoms with Gasteiger partial charge in [0, 0.05) is 11.1 Å². The summed E-state index contributed by atoms with van der Waals surface area (Å²) >= 11 is 0. The highest BCUT2D eigenvalue weighted by Gasteiger charge is 2.37. The maximum absolute atomic E-state index is 11.1. The van der Waals surface area contributed by atoms with E-state index in [-0.39, 0.29) is 5.06 Å². The van der Waals surface area contributed by atoms with Crippen LogP contribution >= 0.6 is 0 Å². The Labute approximate surface area is 69.4 Å². The fourth-order valence-electron chi connectivity index (χ4n) is 1.73. The van der Waals surface area contributed by atoms with Crippen LogP contribution < -0.4 is 0 Å². The molecule has 1 heterocycles. The second-order valence-electron chi connectivity index (χ2n) is 3.09. The Morgan fingerprint density at radius 2 is 1.42 bits per heavy atom. The van der Waals surface area contributed by atoms with Gasteiger partial charge in [0.25, 0.3) is 11.8 Å². The van der Waals surface area contributed by atoms with Crippen molar-refractivity contribution in [3.8, 4) is 0 Å². The first-order chi connectivity index (χ1) is 5.72. The highest BCUT2D eigenvalue weighted by Crippen LogP contribution is 2.31. The van der Waals surface area contributed by atoms with Crippen LogP contribution in [0.1, 0.15) is 25.7 Å². The second kappa shape index (κ2) is 2.42. The van der Waals surface area contributed by atoms with Crippen molar-refractivity contribution in [2.45, 2.75) is 25.7 Å². The quantitative estimate of drug-likeness (QED) is 0.425. The third-order valence-corrected chi connectivity index (χ3v) is 2.37. The lowest BCUT2D eigenvalue weighted by atomic mass is 9.93. The van der Waals surface area contributed by atoms with Gasteiger partial charge in [-0.05, 0) is 25.7 Å². The molecule has 1 aliphatic heterocycles. The fraction of sp³-hybridized carbons (Fsp3) is 0.500. The molecule has 0 spiro atoms. The fourth-order valence-corrected chi connectivity index (χ4v) is 1.73. The average Bonchev–Trinajstić information content (AvgIpc) is 2.33. The normalized spacial score (nSPS) is 23.6. The van der Waals surface area contributed by atoms with Crippen LogP contribution in [0.15, 0.2) is 11.1 Å². The maximum atomic E-state index is 11.1. The van der Waals surface area contributed by atoms with E-state index in [9.17, 15) is 9.59 Å². The molecule has 0 aromatic heterocycles. The summed E-state index contributed by atoms with van der Waals surface area (Å²) in [5.74, 6) is -1.04. The predicted molar refractivity (Wildman–Crippen MR) is 39.1 cm³/mol. The third kappa shape index (κ3) is 0.814. The van der Waals surface area contributed by atoms with Gasteiger partial charge < -0.3 is 0 Å². The van der Waals surface area contributed by atoms with E-state index in [1.807, 2.05) is 0 Å². The van der Waals surface area contributed by atoms with E-state index in [1.165, 1.54) is 0 Å². The number of hydrogen-bond donors (Lipinski definition) is 1. The molecule has 0 fully saturated rings. The zero-order chi connectivity index (χ0) is 8.72. The van der Waals surface area contributed by atoms with E-state index in [2.05, 4.69) is 0 Å². The van der Waals surface area contributed by atoms with Crippen molar-refractivity contribution in [1.82, 2.24) is 5.06 Å². The highest BCUT2D eigenvalue weighted by atomic mass is 16.5. The van der Waals surface area contributed by atoms with Gasteiger partial charge in [-0.25, -0.2) is 0 Å². The molecule has 0 aromatic carbocycles. The van der Waals surface area contributed by atoms with Gasteiger partial charge in [-0.15, -0.1) is 5.06 Å². The minimum Gasteiger partial charge on any atom is -0.278 e. The van der Waals surface area contributed by atoms with E-state index < -0.39 is 11.8 Å². The molecule has 12 heavy (non-hydrogen) atoms. The van der Waals surface area contributed by atoms with E-state index >= 15 is 0 Å². The van der Waals surface area contributed by atoms with E-state index in [1.54, 1.807) is 0 Å². The Hall–Kier alpha value is -1.16. The largest absolute Gasteiger partial charge is 0.281 e. The third-order valence-electron chi connectivity index (χ3n) is 2.37. The molecule has 0 atom stereocenters. The van der Waals surface area contributed by atoms with Crippen molar-refractivity contribution < 1.29 is 14.8 Å². The molecular weight excluding hydrogens is 158 g/mol. The molecule has 64 valence electrons. The van der Waals surface area contributed by atoms with Crippen molar-refractivity contribution in [1.29, 1.82) is 0 Å². The van der Waals surface area contributed by atoms with Crippen LogP contribution in [0.4, 0.5) is 0 Å². The van der Waals surface area contributed by atoms with Gasteiger partial charge in [-0.2, -0.15) is 0 Å². The van der Waals surface area contributed by atoms with Gasteiger partial charge in [0.05, 0.1) is 0 Å². The van der Waals surface area contributed by atoms with Crippen molar-refractivity contribution in [2.24, 2.45) is 0 Å². The van der Waals surface area contributed by atoms with Crippen molar-refractivity contribution in [3.63, 3.8) is 0 Å². The van der Waals surface area contributed by atoms with Crippen LogP contribution in [0.2, 0.25) is 0 Å². The predicted octanol–water partition coefficient (Wildman–Crippen LogP) is 0.615. The summed E-state index contributed by atoms with van der Waals surface area (Å²) < 4.78 is 0. The molecule has 0 aromatic rings. The zero-order valence-electron chi connectivity index (χ0n) is 6.54. The van der Waals surface area contributed by atoms with Crippen molar-refractivity contribution in [3.05, 3.63) is 11.1 Å². The number of carbonyl (C=O) groups excluding carboxylic acids is 2. The van der Waals surface area contributed by atoms with Crippen LogP contribution in [0.5, 0.6) is 0 Å². The molecule has 0 radical (unpaired) electrons. The molecule has 2 aliphatic rings. The number of rotatable bonds is 0. The number of hydrogen-bond acceptors (Lipinski definition) is 3. The van der Waals surface area contributed by atoms with Gasteiger partial charge in [0.1, 0.15) is 0 Å². The van der Waals surface area contributed by atoms with Crippen LogP contribution in [0, 0.1) is 0 Å². The van der Waals surface area contributed by atoms with Crippen LogP contribution in [-0.2, 0) is 9.59 Å². The smallest absolute Gasteiger partial charge is 0.278 e. The molecule has 4 heteroatoms. The molecule has 1 N–H and O–H groups in total. The summed E-state index contributed by atoms with van der Waals surface area (Å²) in [5.41, 5.74) is 1.04. The molecule has 2 amide bonds. The first-order valence-corrected chi connectivity index (χ1v) is 4.01. The Kier molecular flexibility index (Phi) is 1.51. The summed E-state index contributed by atoms with van der Waals surface area (Å²) in [7, 11) is 0. The standard InChI is InChI=1S/C8H9NO3/c10-7-5-3-1-2-4-6(5)8(11)9(7)12/h12H,1-4H2. The highest BCUT2D eigenvalue weighted by molar-refractivity contribution is 6.18. The van der Waals surface area contributed by atoms with E-state index in [4.69, 9.17) is 5.21 Å².